The van der Waals surface area contributed by atoms with Crippen LogP contribution < -0.4 is 10.6 Å². The molecule has 4 rings (SSSR count). The van der Waals surface area contributed by atoms with Crippen molar-refractivity contribution in [2.45, 2.75) is 37.8 Å². The summed E-state index contributed by atoms with van der Waals surface area (Å²) in [5.74, 6) is 0.728. The van der Waals surface area contributed by atoms with Crippen LogP contribution in [0.2, 0.25) is 0 Å². The van der Waals surface area contributed by atoms with Crippen molar-refractivity contribution in [3.8, 4) is 5.69 Å². The van der Waals surface area contributed by atoms with E-state index in [-0.39, 0.29) is 11.8 Å². The van der Waals surface area contributed by atoms with Crippen molar-refractivity contribution in [3.63, 3.8) is 0 Å². The van der Waals surface area contributed by atoms with Gasteiger partial charge in [-0.2, -0.15) is 0 Å². The molecule has 1 aliphatic heterocycles. The molecule has 4 atom stereocenters. The van der Waals surface area contributed by atoms with Crippen LogP contribution in [-0.2, 0) is 9.53 Å². The summed E-state index contributed by atoms with van der Waals surface area (Å²) in [6.45, 7) is 0.664. The number of nitrogens with zero attached hydrogens (tertiary/aromatic N) is 2. The zero-order valence-corrected chi connectivity index (χ0v) is 15.1. The highest BCUT2D eigenvalue weighted by Crippen LogP contribution is 2.34. The molecule has 4 unspecified atom stereocenters. The van der Waals surface area contributed by atoms with Crippen molar-refractivity contribution in [2.75, 3.05) is 19.0 Å². The number of anilines is 1. The van der Waals surface area contributed by atoms with Crippen molar-refractivity contribution in [1.82, 2.24) is 14.9 Å². The van der Waals surface area contributed by atoms with Crippen LogP contribution >= 0.6 is 0 Å². The number of piperidine rings is 1. The summed E-state index contributed by atoms with van der Waals surface area (Å²) in [6.07, 6.45) is 9.88. The Balaban J connectivity index is 1.34. The number of hydrogen-bond acceptors (Lipinski definition) is 4. The van der Waals surface area contributed by atoms with Crippen LogP contribution in [0.5, 0.6) is 0 Å². The molecule has 2 aliphatic rings. The Labute approximate surface area is 154 Å². The molecule has 1 aliphatic carbocycles. The molecule has 1 saturated carbocycles. The van der Waals surface area contributed by atoms with E-state index in [1.165, 1.54) is 0 Å². The normalized spacial score (nSPS) is 28.3. The molecule has 1 saturated heterocycles. The lowest BCUT2D eigenvalue weighted by atomic mass is 9.74. The van der Waals surface area contributed by atoms with Gasteiger partial charge in [0.1, 0.15) is 0 Å². The Bertz CT molecular complexity index is 729. The number of amides is 1. The third kappa shape index (κ3) is 3.60. The van der Waals surface area contributed by atoms with Crippen molar-refractivity contribution >= 4 is 11.6 Å². The minimum Gasteiger partial charge on any atom is -0.384 e. The lowest BCUT2D eigenvalue weighted by Gasteiger charge is -2.41. The minimum absolute atomic E-state index is 0.0141. The molecule has 2 fully saturated rings. The Morgan fingerprint density at radius 1 is 1.27 bits per heavy atom. The van der Waals surface area contributed by atoms with E-state index < -0.39 is 0 Å². The lowest BCUT2D eigenvalue weighted by molar-refractivity contribution is -0.130. The van der Waals surface area contributed by atoms with Gasteiger partial charge < -0.3 is 19.9 Å². The average Bonchev–Trinajstić information content (AvgIpc) is 3.21. The van der Waals surface area contributed by atoms with Crippen molar-refractivity contribution in [3.05, 3.63) is 43.0 Å². The molecule has 6 nitrogen and oxygen atoms in total. The summed E-state index contributed by atoms with van der Waals surface area (Å²) in [6, 6.07) is 8.51. The van der Waals surface area contributed by atoms with E-state index in [0.717, 1.165) is 37.1 Å². The molecule has 2 N–H and O–H groups in total. The summed E-state index contributed by atoms with van der Waals surface area (Å²) >= 11 is 0. The van der Waals surface area contributed by atoms with Gasteiger partial charge in [-0.1, -0.05) is 0 Å². The van der Waals surface area contributed by atoms with Crippen LogP contribution in [0.25, 0.3) is 5.69 Å². The van der Waals surface area contributed by atoms with Gasteiger partial charge in [-0.3, -0.25) is 4.79 Å². The zero-order chi connectivity index (χ0) is 17.9. The number of benzene rings is 1. The molecule has 6 heteroatoms. The van der Waals surface area contributed by atoms with Crippen LogP contribution in [0.1, 0.15) is 25.7 Å². The Morgan fingerprint density at radius 2 is 2.12 bits per heavy atom. The van der Waals surface area contributed by atoms with Gasteiger partial charge in [0.05, 0.1) is 18.3 Å². The molecule has 1 aromatic heterocycles. The molecule has 2 heterocycles. The van der Waals surface area contributed by atoms with E-state index in [4.69, 9.17) is 4.74 Å². The molecule has 138 valence electrons. The predicted octanol–water partition coefficient (Wildman–Crippen LogP) is 2.60. The Kier molecular flexibility index (Phi) is 4.93. The molecular weight excluding hydrogens is 328 g/mol. The average molecular weight is 354 g/mol. The number of rotatable bonds is 5. The standard InChI is InChI=1S/C20H26N4O2/c1-26-18-6-7-19-14(11-18)10-15(20(25)23-19)12-22-16-2-4-17(5-3-16)24-9-8-21-13-24/h2-5,8-9,13-15,18-19,22H,6-7,10-12H2,1H3,(H,23,25). The smallest absolute Gasteiger partial charge is 0.225 e. The topological polar surface area (TPSA) is 68.2 Å². The first-order valence-corrected chi connectivity index (χ1v) is 9.38. The van der Waals surface area contributed by atoms with Gasteiger partial charge in [-0.15, -0.1) is 0 Å². The number of carbonyl (C=O) groups is 1. The monoisotopic (exact) mass is 354 g/mol. The highest BCUT2D eigenvalue weighted by Gasteiger charge is 2.39. The van der Waals surface area contributed by atoms with E-state index >= 15 is 0 Å². The van der Waals surface area contributed by atoms with Gasteiger partial charge in [0, 0.05) is 43.5 Å². The summed E-state index contributed by atoms with van der Waals surface area (Å²) in [7, 11) is 1.79. The first-order chi connectivity index (χ1) is 12.7. The maximum absolute atomic E-state index is 12.4. The SMILES string of the molecule is COC1CCC2NC(=O)C(CNc3ccc(-n4ccnc4)cc3)CC2C1. The van der Waals surface area contributed by atoms with E-state index in [1.807, 2.05) is 35.0 Å². The Hall–Kier alpha value is -2.34. The molecule has 1 amide bonds. The molecule has 1 aromatic carbocycles. The third-order valence-electron chi connectivity index (χ3n) is 5.78. The van der Waals surface area contributed by atoms with Crippen molar-refractivity contribution in [1.29, 1.82) is 0 Å². The van der Waals surface area contributed by atoms with E-state index in [9.17, 15) is 4.79 Å². The molecule has 26 heavy (non-hydrogen) atoms. The van der Waals surface area contributed by atoms with Gasteiger partial charge in [-0.05, 0) is 55.9 Å². The highest BCUT2D eigenvalue weighted by atomic mass is 16.5. The second-order valence-corrected chi connectivity index (χ2v) is 7.38. The fraction of sp³-hybridized carbons (Fsp3) is 0.500. The van der Waals surface area contributed by atoms with E-state index in [1.54, 1.807) is 19.6 Å². The lowest BCUT2D eigenvalue weighted by Crippen LogP contribution is -2.53. The van der Waals surface area contributed by atoms with Crippen LogP contribution in [0.4, 0.5) is 5.69 Å². The van der Waals surface area contributed by atoms with Crippen molar-refractivity contribution in [2.24, 2.45) is 11.8 Å². The first-order valence-electron chi connectivity index (χ1n) is 9.38. The van der Waals surface area contributed by atoms with Gasteiger partial charge in [-0.25, -0.2) is 4.98 Å². The number of aromatic nitrogens is 2. The first kappa shape index (κ1) is 17.1. The quantitative estimate of drug-likeness (QED) is 0.866. The van der Waals surface area contributed by atoms with Crippen molar-refractivity contribution < 1.29 is 9.53 Å². The maximum Gasteiger partial charge on any atom is 0.225 e. The van der Waals surface area contributed by atoms with Crippen LogP contribution in [0.15, 0.2) is 43.0 Å². The Morgan fingerprint density at radius 3 is 2.85 bits per heavy atom. The fourth-order valence-electron chi connectivity index (χ4n) is 4.24. The summed E-state index contributed by atoms with van der Waals surface area (Å²) in [5, 5.41) is 6.65. The van der Waals surface area contributed by atoms with E-state index in [2.05, 4.69) is 15.6 Å². The van der Waals surface area contributed by atoms with Gasteiger partial charge in [0.15, 0.2) is 0 Å². The minimum atomic E-state index is 0.0141. The van der Waals surface area contributed by atoms with Gasteiger partial charge in [0.2, 0.25) is 5.91 Å². The predicted molar refractivity (Wildman–Crippen MR) is 100 cm³/mol. The summed E-state index contributed by atoms with van der Waals surface area (Å²) < 4.78 is 7.50. The number of hydrogen-bond donors (Lipinski definition) is 2. The zero-order valence-electron chi connectivity index (χ0n) is 15.1. The number of imidazole rings is 1. The number of fused-ring (bicyclic) bond motifs is 1. The molecule has 0 bridgehead atoms. The molecule has 0 spiro atoms. The molecule has 2 aromatic rings. The third-order valence-corrected chi connectivity index (χ3v) is 5.78. The van der Waals surface area contributed by atoms with Gasteiger partial charge in [0.25, 0.3) is 0 Å². The fourth-order valence-corrected chi connectivity index (χ4v) is 4.24. The van der Waals surface area contributed by atoms with E-state index in [0.29, 0.717) is 24.6 Å². The van der Waals surface area contributed by atoms with Gasteiger partial charge >= 0.3 is 0 Å². The number of ether oxygens (including phenoxy) is 1. The maximum atomic E-state index is 12.4. The van der Waals surface area contributed by atoms with Crippen LogP contribution in [-0.4, -0.2) is 41.3 Å². The molecule has 0 radical (unpaired) electrons. The highest BCUT2D eigenvalue weighted by molar-refractivity contribution is 5.80. The number of carbonyl (C=O) groups excluding carboxylic acids is 1. The molecular formula is C20H26N4O2. The summed E-state index contributed by atoms with van der Waals surface area (Å²) in [5.41, 5.74) is 2.10. The second kappa shape index (κ2) is 7.50. The number of methoxy groups -OCH3 is 1. The number of nitrogens with one attached hydrogen (secondary N) is 2. The van der Waals surface area contributed by atoms with Crippen LogP contribution in [0.3, 0.4) is 0 Å². The second-order valence-electron chi connectivity index (χ2n) is 7.38. The summed E-state index contributed by atoms with van der Waals surface area (Å²) in [4.78, 5) is 16.5. The largest absolute Gasteiger partial charge is 0.384 e. The van der Waals surface area contributed by atoms with Crippen LogP contribution in [0, 0.1) is 11.8 Å².